The average molecular weight is 206 g/mol. The van der Waals surface area contributed by atoms with Crippen molar-refractivity contribution in [3.8, 4) is 0 Å². The van der Waals surface area contributed by atoms with Gasteiger partial charge in [-0.3, -0.25) is 0 Å². The maximum absolute atomic E-state index is 5.84. The highest BCUT2D eigenvalue weighted by Gasteiger charge is 2.38. The zero-order chi connectivity index (χ0) is 10.9. The Kier molecular flexibility index (Phi) is 2.81. The molecule has 82 valence electrons. The van der Waals surface area contributed by atoms with Gasteiger partial charge in [-0.1, -0.05) is 30.3 Å². The van der Waals surface area contributed by atoms with Gasteiger partial charge in [0.05, 0.1) is 12.2 Å². The van der Waals surface area contributed by atoms with Crippen molar-refractivity contribution < 1.29 is 9.47 Å². The lowest BCUT2D eigenvalue weighted by Crippen LogP contribution is -2.23. The van der Waals surface area contributed by atoms with E-state index in [0.29, 0.717) is 0 Å². The van der Waals surface area contributed by atoms with E-state index in [4.69, 9.17) is 9.47 Å². The topological polar surface area (TPSA) is 18.5 Å². The van der Waals surface area contributed by atoms with Crippen LogP contribution in [0.2, 0.25) is 0 Å². The molecule has 0 radical (unpaired) electrons. The van der Waals surface area contributed by atoms with Crippen LogP contribution < -0.4 is 0 Å². The molecule has 2 nitrogen and oxygen atoms in total. The standard InChI is InChI=1S/C13H18O2/c1-10-12(15-13(2,3)14-10)9-11-7-5-4-6-8-11/h4-8,10,12H,9H2,1-3H3/t10-,12+/m0/s1. The van der Waals surface area contributed by atoms with Gasteiger partial charge in [-0.05, 0) is 26.3 Å². The smallest absolute Gasteiger partial charge is 0.163 e. The summed E-state index contributed by atoms with van der Waals surface area (Å²) in [7, 11) is 0. The molecule has 2 rings (SSSR count). The molecule has 0 spiro atoms. The van der Waals surface area contributed by atoms with Crippen molar-refractivity contribution in [1.29, 1.82) is 0 Å². The molecule has 1 aromatic rings. The first-order valence-electron chi connectivity index (χ1n) is 5.46. The fraction of sp³-hybridized carbons (Fsp3) is 0.538. The molecule has 0 saturated carbocycles. The summed E-state index contributed by atoms with van der Waals surface area (Å²) in [5.41, 5.74) is 1.30. The van der Waals surface area contributed by atoms with E-state index in [0.717, 1.165) is 6.42 Å². The summed E-state index contributed by atoms with van der Waals surface area (Å²) in [5, 5.41) is 0. The van der Waals surface area contributed by atoms with E-state index in [9.17, 15) is 0 Å². The molecular formula is C13H18O2. The molecule has 1 aliphatic rings. The Balaban J connectivity index is 2.02. The van der Waals surface area contributed by atoms with Crippen LogP contribution in [0.15, 0.2) is 30.3 Å². The van der Waals surface area contributed by atoms with Crippen molar-refractivity contribution in [3.63, 3.8) is 0 Å². The molecule has 0 aromatic heterocycles. The van der Waals surface area contributed by atoms with E-state index in [1.807, 2.05) is 19.9 Å². The highest BCUT2D eigenvalue weighted by molar-refractivity contribution is 5.16. The van der Waals surface area contributed by atoms with Crippen LogP contribution in [0.3, 0.4) is 0 Å². The highest BCUT2D eigenvalue weighted by atomic mass is 16.7. The van der Waals surface area contributed by atoms with Crippen LogP contribution in [0.1, 0.15) is 26.3 Å². The van der Waals surface area contributed by atoms with Crippen molar-refractivity contribution in [2.75, 3.05) is 0 Å². The van der Waals surface area contributed by atoms with Crippen LogP contribution in [-0.4, -0.2) is 18.0 Å². The Morgan fingerprint density at radius 3 is 2.33 bits per heavy atom. The van der Waals surface area contributed by atoms with Gasteiger partial charge in [-0.15, -0.1) is 0 Å². The van der Waals surface area contributed by atoms with Crippen molar-refractivity contribution in [2.45, 2.75) is 45.2 Å². The Morgan fingerprint density at radius 2 is 1.80 bits per heavy atom. The van der Waals surface area contributed by atoms with Gasteiger partial charge in [0.1, 0.15) is 0 Å². The summed E-state index contributed by atoms with van der Waals surface area (Å²) >= 11 is 0. The SMILES string of the molecule is C[C@@H]1OC(C)(C)O[C@@H]1Cc1ccccc1. The molecule has 2 atom stereocenters. The fourth-order valence-corrected chi connectivity index (χ4v) is 2.07. The van der Waals surface area contributed by atoms with Gasteiger partial charge >= 0.3 is 0 Å². The summed E-state index contributed by atoms with van der Waals surface area (Å²) in [6.07, 6.45) is 1.26. The summed E-state index contributed by atoms with van der Waals surface area (Å²) in [6, 6.07) is 10.4. The Morgan fingerprint density at radius 1 is 1.13 bits per heavy atom. The predicted octanol–water partition coefficient (Wildman–Crippen LogP) is 2.77. The first-order chi connectivity index (χ1) is 7.07. The Labute approximate surface area is 91.2 Å². The molecule has 0 N–H and O–H groups in total. The van der Waals surface area contributed by atoms with Crippen molar-refractivity contribution in [2.24, 2.45) is 0 Å². The van der Waals surface area contributed by atoms with E-state index in [1.165, 1.54) is 5.56 Å². The van der Waals surface area contributed by atoms with E-state index in [2.05, 4.69) is 31.2 Å². The van der Waals surface area contributed by atoms with E-state index >= 15 is 0 Å². The van der Waals surface area contributed by atoms with Crippen LogP contribution >= 0.6 is 0 Å². The summed E-state index contributed by atoms with van der Waals surface area (Å²) in [6.45, 7) is 6.01. The maximum Gasteiger partial charge on any atom is 0.163 e. The molecule has 2 heteroatoms. The van der Waals surface area contributed by atoms with E-state index < -0.39 is 5.79 Å². The van der Waals surface area contributed by atoms with Gasteiger partial charge in [0.15, 0.2) is 5.79 Å². The van der Waals surface area contributed by atoms with E-state index in [1.54, 1.807) is 0 Å². The number of benzene rings is 1. The summed E-state index contributed by atoms with van der Waals surface area (Å²) in [5.74, 6) is -0.432. The third-order valence-electron chi connectivity index (χ3n) is 2.71. The minimum Gasteiger partial charge on any atom is -0.345 e. The third-order valence-corrected chi connectivity index (χ3v) is 2.71. The Hall–Kier alpha value is -0.860. The highest BCUT2D eigenvalue weighted by Crippen LogP contribution is 2.29. The number of hydrogen-bond donors (Lipinski definition) is 0. The van der Waals surface area contributed by atoms with Crippen molar-refractivity contribution >= 4 is 0 Å². The second-order valence-corrected chi connectivity index (χ2v) is 4.57. The first kappa shape index (κ1) is 10.7. The van der Waals surface area contributed by atoms with Crippen LogP contribution in [0.25, 0.3) is 0 Å². The lowest BCUT2D eigenvalue weighted by atomic mass is 10.1. The zero-order valence-electron chi connectivity index (χ0n) is 9.57. The summed E-state index contributed by atoms with van der Waals surface area (Å²) < 4.78 is 11.6. The average Bonchev–Trinajstić information content (AvgIpc) is 2.41. The van der Waals surface area contributed by atoms with Gasteiger partial charge in [-0.25, -0.2) is 0 Å². The quantitative estimate of drug-likeness (QED) is 0.740. The largest absolute Gasteiger partial charge is 0.345 e. The van der Waals surface area contributed by atoms with Crippen LogP contribution in [0.5, 0.6) is 0 Å². The van der Waals surface area contributed by atoms with Gasteiger partial charge in [0.2, 0.25) is 0 Å². The number of ether oxygens (including phenoxy) is 2. The van der Waals surface area contributed by atoms with E-state index in [-0.39, 0.29) is 12.2 Å². The van der Waals surface area contributed by atoms with Gasteiger partial charge in [-0.2, -0.15) is 0 Å². The molecule has 1 saturated heterocycles. The number of hydrogen-bond acceptors (Lipinski definition) is 2. The second-order valence-electron chi connectivity index (χ2n) is 4.57. The second kappa shape index (κ2) is 3.95. The lowest BCUT2D eigenvalue weighted by Gasteiger charge is -2.16. The molecule has 1 aliphatic heterocycles. The molecule has 15 heavy (non-hydrogen) atoms. The zero-order valence-corrected chi connectivity index (χ0v) is 9.57. The summed E-state index contributed by atoms with van der Waals surface area (Å²) in [4.78, 5) is 0. The van der Waals surface area contributed by atoms with Crippen LogP contribution in [0.4, 0.5) is 0 Å². The molecule has 0 amide bonds. The fourth-order valence-electron chi connectivity index (χ4n) is 2.07. The van der Waals surface area contributed by atoms with Crippen LogP contribution in [-0.2, 0) is 15.9 Å². The van der Waals surface area contributed by atoms with Crippen LogP contribution in [0, 0.1) is 0 Å². The molecular weight excluding hydrogens is 188 g/mol. The molecule has 1 heterocycles. The molecule has 0 bridgehead atoms. The molecule has 0 aliphatic carbocycles. The van der Waals surface area contributed by atoms with Gasteiger partial charge < -0.3 is 9.47 Å². The number of rotatable bonds is 2. The maximum atomic E-state index is 5.84. The third kappa shape index (κ3) is 2.58. The van der Waals surface area contributed by atoms with Crippen molar-refractivity contribution in [3.05, 3.63) is 35.9 Å². The minimum atomic E-state index is -0.432. The van der Waals surface area contributed by atoms with Crippen molar-refractivity contribution in [1.82, 2.24) is 0 Å². The lowest BCUT2D eigenvalue weighted by molar-refractivity contribution is -0.144. The Bertz CT molecular complexity index is 319. The first-order valence-corrected chi connectivity index (χ1v) is 5.46. The normalized spacial score (nSPS) is 29.3. The monoisotopic (exact) mass is 206 g/mol. The molecule has 1 aromatic carbocycles. The predicted molar refractivity (Wildman–Crippen MR) is 59.6 cm³/mol. The van der Waals surface area contributed by atoms with Gasteiger partial charge in [0.25, 0.3) is 0 Å². The molecule has 1 fully saturated rings. The van der Waals surface area contributed by atoms with Gasteiger partial charge in [0, 0.05) is 6.42 Å². The minimum absolute atomic E-state index is 0.167. The molecule has 0 unspecified atom stereocenters.